The van der Waals surface area contributed by atoms with E-state index in [1.165, 1.54) is 31.6 Å². The smallest absolute Gasteiger partial charge is 0.255 e. The zero-order valence-corrected chi connectivity index (χ0v) is 24.0. The van der Waals surface area contributed by atoms with Crippen LogP contribution in [0.2, 0.25) is 0 Å². The second kappa shape index (κ2) is 11.7. The molecule has 2 fully saturated rings. The van der Waals surface area contributed by atoms with Gasteiger partial charge in [0.05, 0.1) is 24.6 Å². The Kier molecular flexibility index (Phi) is 8.11. The summed E-state index contributed by atoms with van der Waals surface area (Å²) in [5.41, 5.74) is 4.37. The van der Waals surface area contributed by atoms with Gasteiger partial charge in [0.15, 0.2) is 0 Å². The first-order chi connectivity index (χ1) is 19.3. The van der Waals surface area contributed by atoms with E-state index in [1.807, 2.05) is 14.0 Å². The Morgan fingerprint density at radius 1 is 1.18 bits per heavy atom. The number of fused-ring (bicyclic) bond motifs is 1. The lowest BCUT2D eigenvalue weighted by Crippen LogP contribution is -2.39. The average Bonchev–Trinajstić information content (AvgIpc) is 3.55. The number of anilines is 1. The Hall–Kier alpha value is -3.86. The Morgan fingerprint density at radius 2 is 1.93 bits per heavy atom. The van der Waals surface area contributed by atoms with Crippen LogP contribution in [0.25, 0.3) is 11.0 Å². The summed E-state index contributed by atoms with van der Waals surface area (Å²) in [6.45, 7) is 5.96. The normalized spacial score (nSPS) is 18.8. The Bertz CT molecular complexity index is 1460. The lowest BCUT2D eigenvalue weighted by Gasteiger charge is -2.30. The number of nitrogens with zero attached hydrogens (tertiary/aromatic N) is 4. The van der Waals surface area contributed by atoms with Gasteiger partial charge in [0.1, 0.15) is 17.5 Å². The van der Waals surface area contributed by atoms with E-state index in [0.29, 0.717) is 34.4 Å². The lowest BCUT2D eigenvalue weighted by atomic mass is 9.83. The average molecular weight is 542 g/mol. The van der Waals surface area contributed by atoms with Gasteiger partial charge in [-0.1, -0.05) is 26.2 Å². The van der Waals surface area contributed by atoms with Gasteiger partial charge in [-0.3, -0.25) is 9.59 Å². The van der Waals surface area contributed by atoms with Crippen molar-refractivity contribution in [3.63, 3.8) is 0 Å². The van der Waals surface area contributed by atoms with E-state index in [4.69, 9.17) is 9.72 Å². The van der Waals surface area contributed by atoms with Crippen molar-refractivity contribution in [3.05, 3.63) is 52.8 Å². The number of carbonyl (C=O) groups is 2. The van der Waals surface area contributed by atoms with Gasteiger partial charge >= 0.3 is 0 Å². The zero-order chi connectivity index (χ0) is 28.4. The minimum absolute atomic E-state index is 0.208. The van der Waals surface area contributed by atoms with Crippen LogP contribution >= 0.6 is 0 Å². The maximum absolute atomic E-state index is 13.3. The molecule has 5 rings (SSSR count). The molecule has 2 aromatic heterocycles. The molecule has 2 atom stereocenters. The summed E-state index contributed by atoms with van der Waals surface area (Å²) < 4.78 is 7.27. The molecular formula is C32H39N5O3. The fraction of sp³-hybridized carbons (Fsp3) is 0.500. The zero-order valence-electron chi connectivity index (χ0n) is 24.0. The molecule has 1 aromatic carbocycles. The number of aryl methyl sites for hydroxylation is 2. The van der Waals surface area contributed by atoms with Crippen molar-refractivity contribution < 1.29 is 14.3 Å². The van der Waals surface area contributed by atoms with Gasteiger partial charge in [0.2, 0.25) is 5.91 Å². The number of carbonyl (C=O) groups excluding carboxylic acids is 2. The van der Waals surface area contributed by atoms with Crippen LogP contribution in [0.3, 0.4) is 0 Å². The summed E-state index contributed by atoms with van der Waals surface area (Å²) in [5, 5.41) is 13.5. The van der Waals surface area contributed by atoms with Gasteiger partial charge in [-0.05, 0) is 73.8 Å². The molecular weight excluding hydrogens is 502 g/mol. The SMILES string of the molecule is COc1ccc(C(=O)Nc2cnc3c(c([C@@H](C)[C@@H]4CCCCN(C(=O)C5CCCC5)C4)cn3C)c2C)cc1C#N. The third-order valence-corrected chi connectivity index (χ3v) is 9.03. The molecule has 2 amide bonds. The molecule has 1 aliphatic carbocycles. The molecule has 3 heterocycles. The topological polar surface area (TPSA) is 100 Å². The van der Waals surface area contributed by atoms with Gasteiger partial charge in [-0.25, -0.2) is 4.98 Å². The number of nitrogens with one attached hydrogen (secondary N) is 1. The summed E-state index contributed by atoms with van der Waals surface area (Å²) >= 11 is 0. The lowest BCUT2D eigenvalue weighted by molar-refractivity contribution is -0.135. The molecule has 3 aromatic rings. The summed E-state index contributed by atoms with van der Waals surface area (Å²) in [7, 11) is 3.51. The molecule has 1 N–H and O–H groups in total. The molecule has 0 bridgehead atoms. The van der Waals surface area contributed by atoms with Gasteiger partial charge in [0.25, 0.3) is 5.91 Å². The van der Waals surface area contributed by atoms with Gasteiger partial charge in [0, 0.05) is 43.2 Å². The molecule has 0 radical (unpaired) electrons. The molecule has 210 valence electrons. The number of benzene rings is 1. The molecule has 1 aliphatic heterocycles. The third kappa shape index (κ3) is 5.30. The minimum Gasteiger partial charge on any atom is -0.495 e. The van der Waals surface area contributed by atoms with E-state index in [1.54, 1.807) is 18.3 Å². The maximum atomic E-state index is 13.3. The molecule has 1 saturated heterocycles. The summed E-state index contributed by atoms with van der Waals surface area (Å²) in [5.74, 6) is 1.28. The second-order valence-corrected chi connectivity index (χ2v) is 11.5. The van der Waals surface area contributed by atoms with E-state index in [0.717, 1.165) is 61.8 Å². The van der Waals surface area contributed by atoms with E-state index >= 15 is 0 Å². The maximum Gasteiger partial charge on any atom is 0.255 e. The third-order valence-electron chi connectivity index (χ3n) is 9.03. The Labute approximate surface area is 236 Å². The molecule has 1 saturated carbocycles. The van der Waals surface area contributed by atoms with Crippen LogP contribution in [-0.4, -0.2) is 46.5 Å². The number of rotatable bonds is 6. The van der Waals surface area contributed by atoms with Gasteiger partial charge < -0.3 is 19.5 Å². The van der Waals surface area contributed by atoms with Crippen LogP contribution < -0.4 is 10.1 Å². The number of aromatic nitrogens is 2. The number of pyridine rings is 1. The highest BCUT2D eigenvalue weighted by Gasteiger charge is 2.33. The fourth-order valence-corrected chi connectivity index (χ4v) is 6.61. The van der Waals surface area contributed by atoms with Crippen molar-refractivity contribution in [2.24, 2.45) is 18.9 Å². The number of nitriles is 1. The van der Waals surface area contributed by atoms with Crippen molar-refractivity contribution in [1.82, 2.24) is 14.5 Å². The number of methoxy groups -OCH3 is 1. The fourth-order valence-electron chi connectivity index (χ4n) is 6.61. The van der Waals surface area contributed by atoms with E-state index in [9.17, 15) is 14.9 Å². The number of ether oxygens (including phenoxy) is 1. The number of likely N-dealkylation sites (tertiary alicyclic amines) is 1. The quantitative estimate of drug-likeness (QED) is 0.416. The molecule has 0 spiro atoms. The molecule has 40 heavy (non-hydrogen) atoms. The van der Waals surface area contributed by atoms with Crippen LogP contribution in [0.5, 0.6) is 5.75 Å². The van der Waals surface area contributed by atoms with Crippen LogP contribution in [0.1, 0.15) is 84.8 Å². The number of hydrogen-bond donors (Lipinski definition) is 1. The molecule has 8 nitrogen and oxygen atoms in total. The highest BCUT2D eigenvalue weighted by atomic mass is 16.5. The first kappa shape index (κ1) is 27.7. The van der Waals surface area contributed by atoms with Crippen LogP contribution in [0.4, 0.5) is 5.69 Å². The first-order valence-electron chi connectivity index (χ1n) is 14.4. The molecule has 2 aliphatic rings. The highest BCUT2D eigenvalue weighted by Crippen LogP contribution is 2.39. The monoisotopic (exact) mass is 541 g/mol. The van der Waals surface area contributed by atoms with Crippen LogP contribution in [0.15, 0.2) is 30.6 Å². The van der Waals surface area contributed by atoms with Crippen molar-refractivity contribution in [2.45, 2.75) is 64.7 Å². The van der Waals surface area contributed by atoms with Gasteiger partial charge in [-0.15, -0.1) is 0 Å². The summed E-state index contributed by atoms with van der Waals surface area (Å²) in [6.07, 6.45) is 11.6. The van der Waals surface area contributed by atoms with Gasteiger partial charge in [-0.2, -0.15) is 5.26 Å². The van der Waals surface area contributed by atoms with Crippen molar-refractivity contribution in [3.8, 4) is 11.8 Å². The first-order valence-corrected chi connectivity index (χ1v) is 14.4. The van der Waals surface area contributed by atoms with Crippen LogP contribution in [-0.2, 0) is 11.8 Å². The Morgan fingerprint density at radius 3 is 2.65 bits per heavy atom. The number of amides is 2. The highest BCUT2D eigenvalue weighted by molar-refractivity contribution is 6.06. The largest absolute Gasteiger partial charge is 0.495 e. The van der Waals surface area contributed by atoms with Crippen LogP contribution in [0, 0.1) is 30.1 Å². The summed E-state index contributed by atoms with van der Waals surface area (Å²) in [4.78, 5) is 33.3. The van der Waals surface area contributed by atoms with Crippen molar-refractivity contribution in [1.29, 1.82) is 5.26 Å². The van der Waals surface area contributed by atoms with E-state index < -0.39 is 0 Å². The predicted octanol–water partition coefficient (Wildman–Crippen LogP) is 5.94. The Balaban J connectivity index is 1.42. The standard InChI is InChI=1S/C32H39N5O3/c1-20(24-11-7-8-14-37(18-24)32(39)22-9-5-6-10-22)26-19-36(3)30-29(26)21(2)27(17-34-30)35-31(38)23-12-13-28(40-4)25(15-23)16-33/h12-13,15,17,19-20,22,24H,5-11,14,18H2,1-4H3,(H,35,38)/t20-,24+/m0/s1. The van der Waals surface area contributed by atoms with E-state index in [2.05, 4.69) is 34.0 Å². The summed E-state index contributed by atoms with van der Waals surface area (Å²) in [6, 6.07) is 6.90. The molecule has 0 unspecified atom stereocenters. The number of hydrogen-bond acceptors (Lipinski definition) is 5. The van der Waals surface area contributed by atoms with Crippen molar-refractivity contribution >= 4 is 28.5 Å². The molecule has 8 heteroatoms. The van der Waals surface area contributed by atoms with E-state index in [-0.39, 0.29) is 17.7 Å². The minimum atomic E-state index is -0.307. The van der Waals surface area contributed by atoms with Crippen molar-refractivity contribution in [2.75, 3.05) is 25.5 Å². The predicted molar refractivity (Wildman–Crippen MR) is 155 cm³/mol. The second-order valence-electron chi connectivity index (χ2n) is 11.5.